The number of benzene rings is 1. The van der Waals surface area contributed by atoms with Crippen molar-refractivity contribution in [2.24, 2.45) is 5.73 Å². The highest BCUT2D eigenvalue weighted by Crippen LogP contribution is 2.25. The van der Waals surface area contributed by atoms with E-state index in [1.807, 2.05) is 25.2 Å². The van der Waals surface area contributed by atoms with E-state index in [2.05, 4.69) is 23.3 Å². The lowest BCUT2D eigenvalue weighted by Crippen LogP contribution is -2.17. The van der Waals surface area contributed by atoms with Crippen LogP contribution in [0, 0.1) is 0 Å². The van der Waals surface area contributed by atoms with Gasteiger partial charge >= 0.3 is 0 Å². The summed E-state index contributed by atoms with van der Waals surface area (Å²) in [4.78, 5) is 5.22. The summed E-state index contributed by atoms with van der Waals surface area (Å²) in [6.07, 6.45) is 1.80. The topological polar surface area (TPSA) is 50.9 Å². The van der Waals surface area contributed by atoms with Crippen LogP contribution in [0.5, 0.6) is 0 Å². The third kappa shape index (κ3) is 2.21. The number of para-hydroxylation sites is 1. The van der Waals surface area contributed by atoms with Gasteiger partial charge in [-0.15, -0.1) is 0 Å². The number of fused-ring (bicyclic) bond motifs is 1. The minimum Gasteiger partial charge on any atom is -0.379 e. The molecule has 0 aliphatic rings. The fourth-order valence-corrected chi connectivity index (χ4v) is 2.23. The molecule has 0 amide bonds. The monoisotopic (exact) mass is 259 g/mol. The summed E-state index contributed by atoms with van der Waals surface area (Å²) in [6.45, 7) is 2.72. The SMILES string of the molecule is CNC(=S)c1ccnc2c([C@@H](C)CN)cccc12. The summed E-state index contributed by atoms with van der Waals surface area (Å²) in [5.41, 5.74) is 8.94. The molecule has 0 aliphatic carbocycles. The number of hydrogen-bond acceptors (Lipinski definition) is 3. The summed E-state index contributed by atoms with van der Waals surface area (Å²) < 4.78 is 0. The molecule has 0 fully saturated rings. The Morgan fingerprint density at radius 2 is 2.22 bits per heavy atom. The molecule has 0 radical (unpaired) electrons. The zero-order valence-corrected chi connectivity index (χ0v) is 11.4. The van der Waals surface area contributed by atoms with E-state index in [0.717, 1.165) is 21.5 Å². The molecule has 3 nitrogen and oxygen atoms in total. The number of nitrogens with one attached hydrogen (secondary N) is 1. The van der Waals surface area contributed by atoms with Crippen molar-refractivity contribution in [2.45, 2.75) is 12.8 Å². The molecule has 2 rings (SSSR count). The predicted octanol–water partition coefficient (Wildman–Crippen LogP) is 2.19. The van der Waals surface area contributed by atoms with E-state index in [9.17, 15) is 0 Å². The second-order valence-electron chi connectivity index (χ2n) is 4.32. The number of nitrogens with zero attached hydrogens (tertiary/aromatic N) is 1. The molecule has 0 saturated heterocycles. The van der Waals surface area contributed by atoms with Gasteiger partial charge in [0.15, 0.2) is 0 Å². The first-order valence-electron chi connectivity index (χ1n) is 5.98. The highest BCUT2D eigenvalue weighted by Gasteiger charge is 2.12. The van der Waals surface area contributed by atoms with Gasteiger partial charge in [-0.05, 0) is 24.1 Å². The summed E-state index contributed by atoms with van der Waals surface area (Å²) in [7, 11) is 1.83. The largest absolute Gasteiger partial charge is 0.379 e. The Balaban J connectivity index is 2.69. The minimum absolute atomic E-state index is 0.291. The molecule has 94 valence electrons. The number of aromatic nitrogens is 1. The van der Waals surface area contributed by atoms with Gasteiger partial charge in [0.05, 0.1) is 5.52 Å². The second-order valence-corrected chi connectivity index (χ2v) is 4.73. The maximum Gasteiger partial charge on any atom is 0.107 e. The molecule has 18 heavy (non-hydrogen) atoms. The lowest BCUT2D eigenvalue weighted by molar-refractivity contribution is 0.779. The fraction of sp³-hybridized carbons (Fsp3) is 0.286. The van der Waals surface area contributed by atoms with E-state index in [1.54, 1.807) is 6.20 Å². The molecule has 0 saturated carbocycles. The summed E-state index contributed by atoms with van der Waals surface area (Å²) >= 11 is 5.32. The molecule has 0 spiro atoms. The van der Waals surface area contributed by atoms with Gasteiger partial charge in [0.2, 0.25) is 0 Å². The average Bonchev–Trinajstić information content (AvgIpc) is 2.44. The van der Waals surface area contributed by atoms with Gasteiger partial charge in [-0.1, -0.05) is 37.3 Å². The van der Waals surface area contributed by atoms with Crippen LogP contribution in [0.2, 0.25) is 0 Å². The van der Waals surface area contributed by atoms with Crippen molar-refractivity contribution in [1.82, 2.24) is 10.3 Å². The Kier molecular flexibility index (Phi) is 3.89. The molecule has 1 atom stereocenters. The van der Waals surface area contributed by atoms with E-state index in [1.165, 1.54) is 5.56 Å². The van der Waals surface area contributed by atoms with Crippen LogP contribution in [-0.4, -0.2) is 23.6 Å². The van der Waals surface area contributed by atoms with Gasteiger partial charge in [0, 0.05) is 24.2 Å². The molecule has 1 heterocycles. The summed E-state index contributed by atoms with van der Waals surface area (Å²) in [6, 6.07) is 8.11. The van der Waals surface area contributed by atoms with Crippen LogP contribution in [0.4, 0.5) is 0 Å². The molecule has 4 heteroatoms. The predicted molar refractivity (Wildman–Crippen MR) is 80.0 cm³/mol. The number of pyridine rings is 1. The summed E-state index contributed by atoms with van der Waals surface area (Å²) in [5, 5.41) is 4.09. The normalized spacial score (nSPS) is 12.4. The zero-order chi connectivity index (χ0) is 13.1. The van der Waals surface area contributed by atoms with Crippen molar-refractivity contribution in [1.29, 1.82) is 0 Å². The molecule has 0 unspecified atom stereocenters. The molecule has 0 bridgehead atoms. The fourth-order valence-electron chi connectivity index (χ4n) is 2.06. The van der Waals surface area contributed by atoms with E-state index < -0.39 is 0 Å². The first kappa shape index (κ1) is 12.9. The molecular formula is C14H17N3S. The summed E-state index contributed by atoms with van der Waals surface area (Å²) in [5.74, 6) is 0.291. The number of nitrogens with two attached hydrogens (primary N) is 1. The second kappa shape index (κ2) is 5.42. The molecule has 2 aromatic rings. The Bertz CT molecular complexity index is 580. The third-order valence-electron chi connectivity index (χ3n) is 3.16. The number of thiocarbonyl (C=S) groups is 1. The van der Waals surface area contributed by atoms with Gasteiger partial charge < -0.3 is 11.1 Å². The first-order chi connectivity index (χ1) is 8.69. The van der Waals surface area contributed by atoms with Crippen LogP contribution in [0.15, 0.2) is 30.5 Å². The third-order valence-corrected chi connectivity index (χ3v) is 3.58. The van der Waals surface area contributed by atoms with Gasteiger partial charge in [-0.25, -0.2) is 0 Å². The quantitative estimate of drug-likeness (QED) is 0.830. The standard InChI is InChI=1S/C14H17N3S/c1-9(8-15)10-4-3-5-11-12(14(18)16-2)6-7-17-13(10)11/h3-7,9H,8,15H2,1-2H3,(H,16,18)/t9-/m0/s1. The zero-order valence-electron chi connectivity index (χ0n) is 10.6. The Hall–Kier alpha value is -1.52. The first-order valence-corrected chi connectivity index (χ1v) is 6.39. The van der Waals surface area contributed by atoms with Gasteiger partial charge in [-0.3, -0.25) is 4.98 Å². The van der Waals surface area contributed by atoms with Gasteiger partial charge in [0.25, 0.3) is 0 Å². The van der Waals surface area contributed by atoms with E-state index in [-0.39, 0.29) is 0 Å². The highest BCUT2D eigenvalue weighted by atomic mass is 32.1. The van der Waals surface area contributed by atoms with Crippen LogP contribution in [0.3, 0.4) is 0 Å². The van der Waals surface area contributed by atoms with Crippen molar-refractivity contribution < 1.29 is 0 Å². The highest BCUT2D eigenvalue weighted by molar-refractivity contribution is 7.80. The minimum atomic E-state index is 0.291. The molecule has 0 aliphatic heterocycles. The number of rotatable bonds is 3. The van der Waals surface area contributed by atoms with Crippen LogP contribution in [0.25, 0.3) is 10.9 Å². The van der Waals surface area contributed by atoms with Crippen molar-refractivity contribution in [3.05, 3.63) is 41.6 Å². The van der Waals surface area contributed by atoms with E-state index >= 15 is 0 Å². The van der Waals surface area contributed by atoms with Crippen LogP contribution >= 0.6 is 12.2 Å². The molecule has 1 aromatic carbocycles. The molecule has 1 aromatic heterocycles. The Morgan fingerprint density at radius 3 is 2.89 bits per heavy atom. The molecule has 3 N–H and O–H groups in total. The Labute approximate surface area is 112 Å². The van der Waals surface area contributed by atoms with E-state index in [4.69, 9.17) is 18.0 Å². The smallest absolute Gasteiger partial charge is 0.107 e. The van der Waals surface area contributed by atoms with Crippen molar-refractivity contribution >= 4 is 28.1 Å². The average molecular weight is 259 g/mol. The van der Waals surface area contributed by atoms with Crippen molar-refractivity contribution in [3.63, 3.8) is 0 Å². The van der Waals surface area contributed by atoms with Crippen LogP contribution in [-0.2, 0) is 0 Å². The van der Waals surface area contributed by atoms with Crippen LogP contribution in [0.1, 0.15) is 24.0 Å². The lowest BCUT2D eigenvalue weighted by Gasteiger charge is -2.14. The lowest BCUT2D eigenvalue weighted by atomic mass is 9.96. The van der Waals surface area contributed by atoms with Crippen LogP contribution < -0.4 is 11.1 Å². The maximum atomic E-state index is 5.75. The van der Waals surface area contributed by atoms with Gasteiger partial charge in [-0.2, -0.15) is 0 Å². The van der Waals surface area contributed by atoms with Crippen molar-refractivity contribution in [2.75, 3.05) is 13.6 Å². The Morgan fingerprint density at radius 1 is 1.44 bits per heavy atom. The van der Waals surface area contributed by atoms with Crippen molar-refractivity contribution in [3.8, 4) is 0 Å². The maximum absolute atomic E-state index is 5.75. The van der Waals surface area contributed by atoms with E-state index in [0.29, 0.717) is 12.5 Å². The van der Waals surface area contributed by atoms with Gasteiger partial charge in [0.1, 0.15) is 4.99 Å². The number of hydrogen-bond donors (Lipinski definition) is 2. The molecular weight excluding hydrogens is 242 g/mol.